The maximum absolute atomic E-state index is 5.23. The van der Waals surface area contributed by atoms with Crippen molar-refractivity contribution in [3.8, 4) is 0 Å². The molecule has 0 aromatic carbocycles. The van der Waals surface area contributed by atoms with Gasteiger partial charge in [0.05, 0.1) is 12.1 Å². The van der Waals surface area contributed by atoms with Crippen LogP contribution in [0.5, 0.6) is 0 Å². The van der Waals surface area contributed by atoms with Crippen LogP contribution >= 0.6 is 0 Å². The van der Waals surface area contributed by atoms with E-state index in [1.807, 2.05) is 27.7 Å². The van der Waals surface area contributed by atoms with Gasteiger partial charge in [-0.15, -0.1) is 0 Å². The number of aliphatic imine (C=N–C) groups is 2. The van der Waals surface area contributed by atoms with Crippen molar-refractivity contribution in [3.63, 3.8) is 0 Å². The molecule has 0 bridgehead atoms. The molecule has 2 atom stereocenters. The molecule has 0 saturated heterocycles. The average Bonchev–Trinajstić information content (AvgIpc) is 3.12. The molecule has 2 aliphatic rings. The quantitative estimate of drug-likeness (QED) is 0.609. The number of nitrogens with two attached hydrogens (primary N) is 2. The molecule has 2 unspecified atom stereocenters. The Morgan fingerprint density at radius 2 is 1.04 bits per heavy atom. The van der Waals surface area contributed by atoms with Gasteiger partial charge in [-0.1, -0.05) is 56.4 Å². The fourth-order valence-electron chi connectivity index (χ4n) is 1.29. The van der Waals surface area contributed by atoms with E-state index >= 15 is 0 Å². The minimum absolute atomic E-state index is 0. The summed E-state index contributed by atoms with van der Waals surface area (Å²) in [6.45, 7) is 13.5. The van der Waals surface area contributed by atoms with Gasteiger partial charge in [-0.2, -0.15) is 0 Å². The van der Waals surface area contributed by atoms with E-state index in [2.05, 4.69) is 23.8 Å². The van der Waals surface area contributed by atoms with Crippen LogP contribution < -0.4 is 11.5 Å². The number of amidine groups is 2. The SMILES string of the molecule is C.C.CC.CC.CCC1COC(N)=N1.CCC1COC(N)=N1.[Y].[Y]. The second-order valence-corrected chi connectivity index (χ2v) is 3.68. The van der Waals surface area contributed by atoms with Gasteiger partial charge in [-0.05, 0) is 12.8 Å². The third kappa shape index (κ3) is 20.8. The van der Waals surface area contributed by atoms with E-state index in [4.69, 9.17) is 20.9 Å². The van der Waals surface area contributed by atoms with Crippen molar-refractivity contribution < 1.29 is 74.9 Å². The number of hydrogen-bond donors (Lipinski definition) is 2. The first-order chi connectivity index (χ1) is 9.65. The Bertz CT molecular complexity index is 263. The molecule has 0 spiro atoms. The maximum Gasteiger partial charge on any atom is 0.282 e. The van der Waals surface area contributed by atoms with Crippen LogP contribution in [-0.2, 0) is 74.9 Å². The molecule has 2 rings (SSSR count). The summed E-state index contributed by atoms with van der Waals surface area (Å²) in [7, 11) is 0. The van der Waals surface area contributed by atoms with Crippen molar-refractivity contribution in [2.24, 2.45) is 21.5 Å². The maximum atomic E-state index is 5.23. The zero-order chi connectivity index (χ0) is 16.0. The molecule has 0 amide bonds. The Morgan fingerprint density at radius 3 is 1.12 bits per heavy atom. The first kappa shape index (κ1) is 39.7. The Kier molecular flexibility index (Phi) is 47.2. The topological polar surface area (TPSA) is 95.2 Å². The van der Waals surface area contributed by atoms with Gasteiger partial charge in [0.1, 0.15) is 13.2 Å². The third-order valence-corrected chi connectivity index (χ3v) is 2.41. The molecule has 0 aliphatic carbocycles. The molecule has 2 aliphatic heterocycles. The average molecular weight is 498 g/mol. The van der Waals surface area contributed by atoms with Crippen LogP contribution in [0.25, 0.3) is 0 Å². The van der Waals surface area contributed by atoms with Gasteiger partial charge in [-0.25, -0.2) is 9.98 Å². The predicted molar refractivity (Wildman–Crippen MR) is 99.5 cm³/mol. The van der Waals surface area contributed by atoms with Crippen molar-refractivity contribution >= 4 is 12.0 Å². The van der Waals surface area contributed by atoms with Gasteiger partial charge >= 0.3 is 0 Å². The molecule has 4 N–H and O–H groups in total. The van der Waals surface area contributed by atoms with E-state index in [-0.39, 0.29) is 80.3 Å². The van der Waals surface area contributed by atoms with Gasteiger partial charge in [0.25, 0.3) is 12.0 Å². The van der Waals surface area contributed by atoms with Crippen LogP contribution in [0, 0.1) is 0 Å². The molecule has 0 fully saturated rings. The van der Waals surface area contributed by atoms with Crippen LogP contribution in [-0.4, -0.2) is 37.3 Å². The minimum atomic E-state index is 0. The summed E-state index contributed by atoms with van der Waals surface area (Å²) in [4.78, 5) is 7.96. The van der Waals surface area contributed by atoms with Gasteiger partial charge in [0.2, 0.25) is 0 Å². The first-order valence-electron chi connectivity index (χ1n) is 7.57. The molecule has 6 nitrogen and oxygen atoms in total. The second kappa shape index (κ2) is 28.5. The molecular weight excluding hydrogens is 458 g/mol. The second-order valence-electron chi connectivity index (χ2n) is 3.68. The predicted octanol–water partition coefficient (Wildman–Crippen LogP) is 3.54. The van der Waals surface area contributed by atoms with E-state index < -0.39 is 0 Å². The summed E-state index contributed by atoms with van der Waals surface area (Å²) in [5.41, 5.74) is 10.5. The number of rotatable bonds is 2. The molecule has 0 aromatic heterocycles. The standard InChI is InChI=1S/2C5H10N2O.2C2H6.2CH4.2Y/c2*1-2-4-3-8-5(6)7-4;2*1-2;;;;/h2*4H,2-3H2,1H3,(H2,6,7);2*1-2H3;2*1H4;;. The van der Waals surface area contributed by atoms with Crippen LogP contribution in [0.3, 0.4) is 0 Å². The van der Waals surface area contributed by atoms with Gasteiger partial charge in [0, 0.05) is 65.4 Å². The fourth-order valence-corrected chi connectivity index (χ4v) is 1.29. The first-order valence-corrected chi connectivity index (χ1v) is 7.57. The van der Waals surface area contributed by atoms with Crippen LogP contribution in [0.4, 0.5) is 0 Å². The molecule has 2 radical (unpaired) electrons. The zero-order valence-corrected chi connectivity index (χ0v) is 20.7. The van der Waals surface area contributed by atoms with Crippen LogP contribution in [0.2, 0.25) is 0 Å². The van der Waals surface area contributed by atoms with Gasteiger partial charge < -0.3 is 20.9 Å². The van der Waals surface area contributed by atoms with E-state index in [0.717, 1.165) is 12.8 Å². The van der Waals surface area contributed by atoms with E-state index in [9.17, 15) is 0 Å². The van der Waals surface area contributed by atoms with Crippen molar-refractivity contribution in [1.29, 1.82) is 0 Å². The van der Waals surface area contributed by atoms with E-state index in [1.165, 1.54) is 0 Å². The molecule has 8 heteroatoms. The molecule has 2 heterocycles. The monoisotopic (exact) mass is 498 g/mol. The van der Waals surface area contributed by atoms with E-state index in [1.54, 1.807) is 0 Å². The number of hydrogen-bond acceptors (Lipinski definition) is 6. The molecule has 0 saturated carbocycles. The van der Waals surface area contributed by atoms with Gasteiger partial charge in [0.15, 0.2) is 0 Å². The summed E-state index contributed by atoms with van der Waals surface area (Å²) in [6.07, 6.45) is 2.03. The smallest absolute Gasteiger partial charge is 0.282 e. The zero-order valence-electron chi connectivity index (χ0n) is 15.0. The summed E-state index contributed by atoms with van der Waals surface area (Å²) >= 11 is 0. The van der Waals surface area contributed by atoms with Crippen LogP contribution in [0.15, 0.2) is 9.98 Å². The molecule has 142 valence electrons. The van der Waals surface area contributed by atoms with Crippen molar-refractivity contribution in [1.82, 2.24) is 0 Å². The largest absolute Gasteiger partial charge is 0.463 e. The Hall–Kier alpha value is 0.748. The number of nitrogens with zero attached hydrogens (tertiary/aromatic N) is 2. The minimum Gasteiger partial charge on any atom is -0.463 e. The summed E-state index contributed by atoms with van der Waals surface area (Å²) < 4.78 is 9.77. The van der Waals surface area contributed by atoms with Crippen molar-refractivity contribution in [3.05, 3.63) is 0 Å². The van der Waals surface area contributed by atoms with Crippen molar-refractivity contribution in [2.75, 3.05) is 13.2 Å². The molecule has 24 heavy (non-hydrogen) atoms. The summed E-state index contributed by atoms with van der Waals surface area (Å²) in [5, 5.41) is 0. The Labute approximate surface area is 201 Å². The molecule has 0 aromatic rings. The summed E-state index contributed by atoms with van der Waals surface area (Å²) in [5.74, 6) is 0. The van der Waals surface area contributed by atoms with E-state index in [0.29, 0.717) is 37.3 Å². The van der Waals surface area contributed by atoms with Crippen LogP contribution in [0.1, 0.15) is 69.2 Å². The number of ether oxygens (including phenoxy) is 2. The fraction of sp³-hybridized carbons (Fsp3) is 0.875. The third-order valence-electron chi connectivity index (χ3n) is 2.41. The van der Waals surface area contributed by atoms with Gasteiger partial charge in [-0.3, -0.25) is 0 Å². The summed E-state index contributed by atoms with van der Waals surface area (Å²) in [6, 6.07) is 1.32. The van der Waals surface area contributed by atoms with Crippen molar-refractivity contribution in [2.45, 2.75) is 81.3 Å². The Balaban J connectivity index is -0.0000000491. The molecular formula is C16H40N4O2Y2. The Morgan fingerprint density at radius 1 is 0.792 bits per heavy atom. The normalized spacial score (nSPS) is 18.6.